The average Bonchev–Trinajstić information content (AvgIpc) is 2.71. The van der Waals surface area contributed by atoms with Crippen molar-refractivity contribution in [3.05, 3.63) is 93.7 Å². The van der Waals surface area contributed by atoms with Crippen LogP contribution in [0, 0.1) is 13.8 Å². The minimum Gasteiger partial charge on any atom is -0.867 e. The number of thiocarbonyl (C=S) groups is 1. The molecule has 0 aliphatic heterocycles. The molecule has 0 spiro atoms. The Morgan fingerprint density at radius 1 is 1.14 bits per heavy atom. The number of nitrogens with one attached hydrogen (secondary N) is 1. The number of hydrogen-bond donors (Lipinski definition) is 2. The Kier molecular flexibility index (Phi) is 6.79. The summed E-state index contributed by atoms with van der Waals surface area (Å²) >= 11 is 9.06. The van der Waals surface area contributed by atoms with Crippen molar-refractivity contribution >= 4 is 50.3 Å². The number of nitrogens with zero attached hydrogens (tertiary/aromatic N) is 1. The van der Waals surface area contributed by atoms with Crippen LogP contribution in [-0.2, 0) is 6.61 Å². The van der Waals surface area contributed by atoms with Gasteiger partial charge in [0.1, 0.15) is 0 Å². The molecule has 0 fully saturated rings. The van der Waals surface area contributed by atoms with Gasteiger partial charge in [-0.3, -0.25) is 0 Å². The van der Waals surface area contributed by atoms with Crippen molar-refractivity contribution in [3.63, 3.8) is 0 Å². The van der Waals surface area contributed by atoms with E-state index in [9.17, 15) is 10.2 Å². The van der Waals surface area contributed by atoms with Crippen LogP contribution < -0.4 is 15.0 Å². The summed E-state index contributed by atoms with van der Waals surface area (Å²) in [5, 5.41) is 26.1. The first kappa shape index (κ1) is 21.2. The van der Waals surface area contributed by atoms with Crippen molar-refractivity contribution in [2.75, 3.05) is 5.32 Å². The lowest BCUT2D eigenvalue weighted by molar-refractivity contribution is -0.578. The molecule has 1 aromatic heterocycles. The number of benzene rings is 2. The van der Waals surface area contributed by atoms with Crippen LogP contribution in [0.15, 0.2) is 71.5 Å². The second-order valence-corrected chi connectivity index (χ2v) is 8.06. The Bertz CT molecular complexity index is 1080. The predicted octanol–water partition coefficient (Wildman–Crippen LogP) is 3.97. The number of pyridine rings is 1. The molecule has 148 valence electrons. The second kappa shape index (κ2) is 9.31. The van der Waals surface area contributed by atoms with Crippen LogP contribution in [0.2, 0.25) is 0 Å². The summed E-state index contributed by atoms with van der Waals surface area (Å²) < 4.78 is 2.55. The van der Waals surface area contributed by atoms with Gasteiger partial charge in [0.25, 0.3) is 0 Å². The maximum Gasteiger partial charge on any atom is 0.238 e. The summed E-state index contributed by atoms with van der Waals surface area (Å²) in [4.78, 5) is 0.312. The largest absolute Gasteiger partial charge is 0.867 e. The predicted molar refractivity (Wildman–Crippen MR) is 122 cm³/mol. The molecule has 29 heavy (non-hydrogen) atoms. The van der Waals surface area contributed by atoms with E-state index in [1.165, 1.54) is 0 Å². The van der Waals surface area contributed by atoms with E-state index in [0.29, 0.717) is 21.8 Å². The maximum atomic E-state index is 13.4. The molecular weight excluding hydrogens is 448 g/mol. The molecule has 1 heterocycles. The molecule has 0 amide bonds. The van der Waals surface area contributed by atoms with Gasteiger partial charge in [-0.15, -0.1) is 0 Å². The first-order valence-corrected chi connectivity index (χ1v) is 10.3. The van der Waals surface area contributed by atoms with Gasteiger partial charge in [0, 0.05) is 21.8 Å². The highest BCUT2D eigenvalue weighted by Gasteiger charge is 2.20. The van der Waals surface area contributed by atoms with Gasteiger partial charge in [-0.2, -0.15) is 4.57 Å². The van der Waals surface area contributed by atoms with Gasteiger partial charge in [-0.25, -0.2) is 0 Å². The number of halogens is 1. The third kappa shape index (κ3) is 5.09. The highest BCUT2D eigenvalue weighted by Crippen LogP contribution is 2.21. The highest BCUT2D eigenvalue weighted by molar-refractivity contribution is 9.10. The molecule has 0 saturated carbocycles. The first-order valence-electron chi connectivity index (χ1n) is 9.06. The molecule has 2 aromatic carbocycles. The molecule has 3 aromatic rings. The van der Waals surface area contributed by atoms with E-state index >= 15 is 0 Å². The molecular formula is C23H21BrN2O2S. The fourth-order valence-corrected chi connectivity index (χ4v) is 3.46. The summed E-state index contributed by atoms with van der Waals surface area (Å²) in [6, 6.07) is 16.8. The molecule has 0 atom stereocenters. The van der Waals surface area contributed by atoms with Gasteiger partial charge in [0.2, 0.25) is 5.70 Å². The average molecular weight is 469 g/mol. The number of anilines is 1. The molecule has 0 unspecified atom stereocenters. The van der Waals surface area contributed by atoms with Crippen molar-refractivity contribution < 1.29 is 14.8 Å². The third-order valence-electron chi connectivity index (χ3n) is 4.48. The van der Waals surface area contributed by atoms with Gasteiger partial charge >= 0.3 is 0 Å². The number of aliphatic hydroxyl groups excluding tert-OH is 1. The first-order chi connectivity index (χ1) is 13.9. The van der Waals surface area contributed by atoms with E-state index in [0.717, 1.165) is 21.3 Å². The quantitative estimate of drug-likeness (QED) is 0.257. The molecule has 6 heteroatoms. The summed E-state index contributed by atoms with van der Waals surface area (Å²) in [6.07, 6.45) is 3.46. The van der Waals surface area contributed by atoms with E-state index in [-0.39, 0.29) is 12.4 Å². The lowest BCUT2D eigenvalue weighted by Gasteiger charge is -2.18. The molecule has 0 radical (unpaired) electrons. The number of aromatic nitrogens is 1. The topological polar surface area (TPSA) is 59.2 Å². The van der Waals surface area contributed by atoms with Crippen molar-refractivity contribution in [3.8, 4) is 0 Å². The zero-order chi connectivity index (χ0) is 21.0. The van der Waals surface area contributed by atoms with E-state index in [1.54, 1.807) is 41.2 Å². The lowest BCUT2D eigenvalue weighted by atomic mass is 10.1. The Hall–Kier alpha value is -2.54. The molecule has 0 bridgehead atoms. The van der Waals surface area contributed by atoms with Crippen LogP contribution in [0.1, 0.15) is 22.3 Å². The zero-order valence-electron chi connectivity index (χ0n) is 16.1. The summed E-state index contributed by atoms with van der Waals surface area (Å²) in [6.45, 7) is 3.86. The molecule has 4 nitrogen and oxygen atoms in total. The van der Waals surface area contributed by atoms with Crippen LogP contribution in [0.5, 0.6) is 0 Å². The highest BCUT2D eigenvalue weighted by atomic mass is 79.9. The Labute approximate surface area is 184 Å². The van der Waals surface area contributed by atoms with E-state index in [4.69, 9.17) is 12.2 Å². The Balaban J connectivity index is 2.11. The normalized spacial score (nSPS) is 11.7. The number of aliphatic hydroxyl groups is 1. The van der Waals surface area contributed by atoms with Crippen LogP contribution in [-0.4, -0.2) is 10.1 Å². The maximum absolute atomic E-state index is 13.4. The zero-order valence-corrected chi connectivity index (χ0v) is 18.5. The van der Waals surface area contributed by atoms with Gasteiger partial charge in [-0.05, 0) is 60.6 Å². The minimum absolute atomic E-state index is 0.127. The van der Waals surface area contributed by atoms with Crippen LogP contribution in [0.25, 0.3) is 11.5 Å². The Morgan fingerprint density at radius 3 is 2.55 bits per heavy atom. The standard InChI is InChI=1S/C23H21BrN2O2S/c1-15-5-6-16(2)20(12-15)25-23(29)21(26-11-3-4-17(13-26)14-27)22(28)18-7-9-19(24)10-8-18/h3-13,27H,14H2,1-2H3,(H-,25,28,29). The molecule has 0 aliphatic carbocycles. The minimum atomic E-state index is -0.208. The monoisotopic (exact) mass is 468 g/mol. The van der Waals surface area contributed by atoms with Gasteiger partial charge in [-0.1, -0.05) is 52.4 Å². The lowest BCUT2D eigenvalue weighted by Crippen LogP contribution is -2.40. The van der Waals surface area contributed by atoms with E-state index in [2.05, 4.69) is 21.2 Å². The van der Waals surface area contributed by atoms with Gasteiger partial charge < -0.3 is 15.5 Å². The number of rotatable bonds is 5. The molecule has 2 N–H and O–H groups in total. The fraction of sp³-hybridized carbons (Fsp3) is 0.130. The SMILES string of the molecule is Cc1ccc(C)c(NC(=S)/C(=C(\[O-])c2ccc(Br)cc2)[n+]2cccc(CO)c2)c1. The number of aryl methyl sites for hydroxylation is 2. The molecule has 0 saturated heterocycles. The van der Waals surface area contributed by atoms with E-state index < -0.39 is 0 Å². The molecule has 0 aliphatic rings. The van der Waals surface area contributed by atoms with Crippen molar-refractivity contribution in [2.24, 2.45) is 0 Å². The summed E-state index contributed by atoms with van der Waals surface area (Å²) in [5.41, 5.74) is 4.51. The summed E-state index contributed by atoms with van der Waals surface area (Å²) in [7, 11) is 0. The van der Waals surface area contributed by atoms with Crippen LogP contribution in [0.4, 0.5) is 5.69 Å². The Morgan fingerprint density at radius 2 is 1.86 bits per heavy atom. The van der Waals surface area contributed by atoms with Crippen LogP contribution in [0.3, 0.4) is 0 Å². The third-order valence-corrected chi connectivity index (χ3v) is 5.30. The van der Waals surface area contributed by atoms with Crippen molar-refractivity contribution in [1.82, 2.24) is 0 Å². The van der Waals surface area contributed by atoms with Crippen molar-refractivity contribution in [2.45, 2.75) is 20.5 Å². The fourth-order valence-electron chi connectivity index (χ4n) is 2.88. The van der Waals surface area contributed by atoms with Gasteiger partial charge in [0.05, 0.1) is 6.61 Å². The van der Waals surface area contributed by atoms with Gasteiger partial charge in [0.15, 0.2) is 17.4 Å². The van der Waals surface area contributed by atoms with E-state index in [1.807, 2.05) is 44.2 Å². The van der Waals surface area contributed by atoms with Crippen molar-refractivity contribution in [1.29, 1.82) is 0 Å². The number of hydrogen-bond acceptors (Lipinski definition) is 3. The molecule has 3 rings (SSSR count). The second-order valence-electron chi connectivity index (χ2n) is 6.73. The van der Waals surface area contributed by atoms with Crippen LogP contribution >= 0.6 is 28.1 Å². The summed E-state index contributed by atoms with van der Waals surface area (Å²) in [5.74, 6) is -0.208. The smallest absolute Gasteiger partial charge is 0.238 e.